The number of para-hydroxylation sites is 1. The largest absolute Gasteiger partial charge is 0.490 e. The molecule has 0 amide bonds. The summed E-state index contributed by atoms with van der Waals surface area (Å²) in [6.07, 6.45) is -2.68. The number of nitrogens with zero attached hydrogens (tertiary/aromatic N) is 4. The van der Waals surface area contributed by atoms with Crippen molar-refractivity contribution in [1.82, 2.24) is 24.6 Å². The summed E-state index contributed by atoms with van der Waals surface area (Å²) in [4.78, 5) is 45.7. The normalized spacial score (nSPS) is 25.6. The van der Waals surface area contributed by atoms with Crippen molar-refractivity contribution in [2.45, 2.75) is 82.7 Å². The van der Waals surface area contributed by atoms with Crippen LogP contribution in [0.4, 0.5) is 10.2 Å². The second-order valence-electron chi connectivity index (χ2n) is 12.0. The van der Waals surface area contributed by atoms with Crippen LogP contribution in [0.5, 0.6) is 5.75 Å². The zero-order chi connectivity index (χ0) is 37.1. The van der Waals surface area contributed by atoms with E-state index in [4.69, 9.17) is 40.2 Å². The minimum Gasteiger partial charge on any atom is -0.461 e. The average molecular weight is 801 g/mol. The van der Waals surface area contributed by atoms with Crippen LogP contribution in [-0.2, 0) is 41.1 Å². The van der Waals surface area contributed by atoms with Crippen LogP contribution in [0.15, 0.2) is 36.7 Å². The van der Waals surface area contributed by atoms with Crippen LogP contribution in [0, 0.1) is 5.92 Å². The van der Waals surface area contributed by atoms with Gasteiger partial charge in [-0.3, -0.25) is 13.9 Å². The third kappa shape index (κ3) is 10.1. The number of hydrogen-bond acceptors (Lipinski definition) is 15. The minimum atomic E-state index is -5.87. The van der Waals surface area contributed by atoms with Crippen LogP contribution >= 0.6 is 35.0 Å². The van der Waals surface area contributed by atoms with Crippen molar-refractivity contribution < 1.29 is 64.9 Å². The smallest absolute Gasteiger partial charge is 0.461 e. The summed E-state index contributed by atoms with van der Waals surface area (Å²) in [6, 6.07) is 5.83. The zero-order valence-corrected chi connectivity index (χ0v) is 30.6. The molecule has 8 atom stereocenters. The third-order valence-corrected chi connectivity index (χ3v) is 12.9. The lowest BCUT2D eigenvalue weighted by molar-refractivity contribution is -0.153. The second-order valence-corrected chi connectivity index (χ2v) is 17.3. The minimum absolute atomic E-state index is 0.0406. The average Bonchev–Trinajstić information content (AvgIpc) is 3.58. The molecular weight excluding hydrogens is 764 g/mol. The fourth-order valence-corrected chi connectivity index (χ4v) is 10.1. The van der Waals surface area contributed by atoms with Crippen LogP contribution < -0.4 is 15.3 Å². The molecule has 4 unspecified atom stereocenters. The molecule has 2 aliphatic rings. The molecule has 1 saturated heterocycles. The van der Waals surface area contributed by atoms with E-state index in [0.717, 1.165) is 30.2 Å². The van der Waals surface area contributed by atoms with Crippen molar-refractivity contribution >= 4 is 57.9 Å². The molecule has 2 fully saturated rings. The maximum atomic E-state index is 15.2. The molecule has 2 aromatic heterocycles. The van der Waals surface area contributed by atoms with Crippen molar-refractivity contribution in [3.63, 3.8) is 0 Å². The van der Waals surface area contributed by atoms with E-state index >= 15 is 4.39 Å². The highest BCUT2D eigenvalue weighted by Crippen LogP contribution is 2.68. The molecule has 6 N–H and O–H groups in total. The summed E-state index contributed by atoms with van der Waals surface area (Å²) in [5.74, 6) is -1.69. The molecule has 1 aromatic carbocycles. The van der Waals surface area contributed by atoms with Gasteiger partial charge in [0.15, 0.2) is 23.9 Å². The van der Waals surface area contributed by atoms with Gasteiger partial charge >= 0.3 is 29.4 Å². The number of anilines is 1. The number of carbonyl (C=O) groups is 1. The van der Waals surface area contributed by atoms with E-state index in [-0.39, 0.29) is 34.1 Å². The Morgan fingerprint density at radius 1 is 1.12 bits per heavy atom. The molecule has 24 heteroatoms. The number of nitrogens with two attached hydrogens (primary N) is 1. The van der Waals surface area contributed by atoms with Gasteiger partial charge in [-0.15, -0.1) is 0 Å². The standard InChI is InChI=1S/C27H37ClFN6O13P3/c1-15(2)20(26(37)44-16-9-5-3-6-10-16)34-49(38,46-17-11-7-4-8-12-17)47-51(41,42)48-50(39,40)43-13-18-22(36)19(29)25(45-18)35-14-31-21-23(30)32-27(28)33-24(21)35/h4,7-8,11-12,14-16,18-20,22,25,36H,3,5-6,9-10,13H2,1-2H3,(H,34,38)(H,39,40)(H,41,42)(H2,30,32,33)/t18-,19?,20+,22+,25-,49?/m1/s1. The Morgan fingerprint density at radius 3 is 2.47 bits per heavy atom. The first kappa shape index (κ1) is 39.6. The van der Waals surface area contributed by atoms with E-state index in [1.54, 1.807) is 19.9 Å². The molecule has 3 aromatic rings. The number of halogens is 2. The number of nitrogen functional groups attached to an aromatic ring is 1. The number of benzene rings is 1. The van der Waals surface area contributed by atoms with Gasteiger partial charge in [-0.1, -0.05) is 38.5 Å². The molecule has 1 aliphatic carbocycles. The maximum absolute atomic E-state index is 15.2. The number of phosphoric ester groups is 1. The first-order valence-electron chi connectivity index (χ1n) is 15.6. The Bertz CT molecular complexity index is 1840. The van der Waals surface area contributed by atoms with E-state index in [1.165, 1.54) is 24.3 Å². The van der Waals surface area contributed by atoms with Crippen molar-refractivity contribution in [2.24, 2.45) is 5.92 Å². The van der Waals surface area contributed by atoms with E-state index in [2.05, 4.69) is 24.3 Å². The summed E-state index contributed by atoms with van der Waals surface area (Å²) >= 11 is 5.85. The molecule has 19 nitrogen and oxygen atoms in total. The summed E-state index contributed by atoms with van der Waals surface area (Å²) in [7, 11) is -16.6. The predicted octanol–water partition coefficient (Wildman–Crippen LogP) is 4.59. The SMILES string of the molecule is CC(C)[C@H](NP(=O)(Oc1ccccc1)OP(=O)(O)OP(=O)(O)OC[C@H]1O[C@@H](n2cnc3c(N)nc(Cl)nc32)C(F)[C@H]1O)C(=O)OC1CCCCC1. The number of phosphoric acid groups is 2. The van der Waals surface area contributed by atoms with Gasteiger partial charge in [0.25, 0.3) is 0 Å². The van der Waals surface area contributed by atoms with E-state index in [9.17, 15) is 33.4 Å². The summed E-state index contributed by atoms with van der Waals surface area (Å²) in [5.41, 5.74) is 5.79. The van der Waals surface area contributed by atoms with Gasteiger partial charge in [-0.2, -0.15) is 23.7 Å². The molecule has 282 valence electrons. The van der Waals surface area contributed by atoms with Crippen molar-refractivity contribution in [2.75, 3.05) is 12.3 Å². The van der Waals surface area contributed by atoms with Gasteiger partial charge in [-0.05, 0) is 55.3 Å². The van der Waals surface area contributed by atoms with Crippen molar-refractivity contribution in [3.8, 4) is 5.75 Å². The Kier molecular flexibility index (Phi) is 12.6. The number of aliphatic hydroxyl groups excluding tert-OH is 1. The van der Waals surface area contributed by atoms with Gasteiger partial charge in [0.2, 0.25) is 5.28 Å². The van der Waals surface area contributed by atoms with Crippen molar-refractivity contribution in [3.05, 3.63) is 41.9 Å². The topological polar surface area (TPSA) is 266 Å². The Morgan fingerprint density at radius 2 is 1.80 bits per heavy atom. The fraction of sp³-hybridized carbons (Fsp3) is 0.556. The molecule has 0 bridgehead atoms. The predicted molar refractivity (Wildman–Crippen MR) is 177 cm³/mol. The molecule has 0 radical (unpaired) electrons. The number of ether oxygens (including phenoxy) is 2. The van der Waals surface area contributed by atoms with Gasteiger partial charge < -0.3 is 34.6 Å². The molecule has 1 aliphatic heterocycles. The van der Waals surface area contributed by atoms with Crippen LogP contribution in [0.25, 0.3) is 11.2 Å². The number of hydrogen-bond donors (Lipinski definition) is 5. The quantitative estimate of drug-likeness (QED) is 0.0799. The molecule has 5 rings (SSSR count). The third-order valence-electron chi connectivity index (χ3n) is 7.83. The summed E-state index contributed by atoms with van der Waals surface area (Å²) in [6.45, 7) is 2.10. The first-order valence-corrected chi connectivity index (χ1v) is 20.6. The lowest BCUT2D eigenvalue weighted by Crippen LogP contribution is -2.43. The number of imidazole rings is 1. The van der Waals surface area contributed by atoms with E-state index in [1.807, 2.05) is 0 Å². The maximum Gasteiger partial charge on any atom is 0.490 e. The van der Waals surface area contributed by atoms with Gasteiger partial charge in [0.1, 0.15) is 35.6 Å². The highest BCUT2D eigenvalue weighted by atomic mass is 35.5. The highest BCUT2D eigenvalue weighted by Gasteiger charge is 2.49. The lowest BCUT2D eigenvalue weighted by atomic mass is 9.97. The van der Waals surface area contributed by atoms with E-state index < -0.39 is 72.5 Å². The molecule has 0 spiro atoms. The van der Waals surface area contributed by atoms with Gasteiger partial charge in [0.05, 0.1) is 12.9 Å². The number of aliphatic hydroxyl groups is 1. The molecule has 3 heterocycles. The second kappa shape index (κ2) is 16.2. The van der Waals surface area contributed by atoms with Crippen molar-refractivity contribution in [1.29, 1.82) is 0 Å². The van der Waals surface area contributed by atoms with Crippen LogP contribution in [0.2, 0.25) is 5.28 Å². The number of carbonyl (C=O) groups excluding carboxylic acids is 1. The van der Waals surface area contributed by atoms with Crippen LogP contribution in [0.1, 0.15) is 52.2 Å². The molecular formula is C27H37ClFN6O13P3. The number of esters is 1. The fourth-order valence-electron chi connectivity index (χ4n) is 5.39. The summed E-state index contributed by atoms with van der Waals surface area (Å²) < 4.78 is 86.6. The Labute approximate surface area is 295 Å². The summed E-state index contributed by atoms with van der Waals surface area (Å²) in [5, 5.41) is 12.5. The highest BCUT2D eigenvalue weighted by molar-refractivity contribution is 7.68. The lowest BCUT2D eigenvalue weighted by Gasteiger charge is -2.29. The number of fused-ring (bicyclic) bond motifs is 1. The van der Waals surface area contributed by atoms with Gasteiger partial charge in [-0.25, -0.2) is 23.1 Å². The van der Waals surface area contributed by atoms with Crippen LogP contribution in [-0.4, -0.2) is 77.5 Å². The number of rotatable bonds is 15. The van der Waals surface area contributed by atoms with E-state index in [0.29, 0.717) is 12.8 Å². The van der Waals surface area contributed by atoms with Crippen LogP contribution in [0.3, 0.4) is 0 Å². The number of aromatic nitrogens is 4. The van der Waals surface area contributed by atoms with Gasteiger partial charge in [0, 0.05) is 0 Å². The first-order chi connectivity index (χ1) is 24.0. The number of alkyl halides is 1. The monoisotopic (exact) mass is 800 g/mol. The number of nitrogens with one attached hydrogen (secondary N) is 1. The Hall–Kier alpha value is -2.57. The Balaban J connectivity index is 1.27. The zero-order valence-electron chi connectivity index (χ0n) is 27.1. The molecule has 1 saturated carbocycles. The molecule has 51 heavy (non-hydrogen) atoms.